The molecule has 0 spiro atoms. The van der Waals surface area contributed by atoms with Gasteiger partial charge in [0.1, 0.15) is 0 Å². The Balaban J connectivity index is 2.18. The highest BCUT2D eigenvalue weighted by Gasteiger charge is 2.21. The number of aryl methyl sites for hydroxylation is 1. The summed E-state index contributed by atoms with van der Waals surface area (Å²) >= 11 is 0. The van der Waals surface area contributed by atoms with E-state index in [9.17, 15) is 0 Å². The number of nitrogens with one attached hydrogen (secondary N) is 1. The third-order valence-corrected chi connectivity index (χ3v) is 7.78. The molecule has 1 aromatic carbocycles. The molecule has 0 heterocycles. The summed E-state index contributed by atoms with van der Waals surface area (Å²) in [4.78, 5) is 13.5. The number of fused-ring (bicyclic) bond motifs is 1. The van der Waals surface area contributed by atoms with Crippen LogP contribution in [0, 0.1) is 11.8 Å². The fourth-order valence-electron chi connectivity index (χ4n) is 5.40. The van der Waals surface area contributed by atoms with Crippen LogP contribution in [0.15, 0.2) is 98.7 Å². The third kappa shape index (κ3) is 11.1. The Morgan fingerprint density at radius 2 is 1.80 bits per heavy atom. The Kier molecular flexibility index (Phi) is 14.9. The lowest BCUT2D eigenvalue weighted by molar-refractivity contribution is 0.486. The number of aliphatic imine (C=N–C) groups is 3. The van der Waals surface area contributed by atoms with Crippen molar-refractivity contribution in [2.24, 2.45) is 26.8 Å². The number of hydrogen-bond acceptors (Lipinski definition) is 4. The molecule has 1 aliphatic rings. The predicted molar refractivity (Wildman–Crippen MR) is 178 cm³/mol. The molecule has 0 saturated heterocycles. The van der Waals surface area contributed by atoms with Crippen LogP contribution in [-0.4, -0.2) is 38.8 Å². The maximum absolute atomic E-state index is 5.18. The Hall–Kier alpha value is -3.27. The fraction of sp³-hybridized carbons (Fsp3) is 0.472. The normalized spacial score (nSPS) is 18.1. The summed E-state index contributed by atoms with van der Waals surface area (Å²) in [5.74, 6) is 0.993. The molecule has 0 radical (unpaired) electrons. The summed E-state index contributed by atoms with van der Waals surface area (Å²) in [6.45, 7) is 17.6. The molecule has 216 valence electrons. The largest absolute Gasteiger partial charge is 0.384 e. The Morgan fingerprint density at radius 3 is 2.48 bits per heavy atom. The van der Waals surface area contributed by atoms with E-state index in [1.165, 1.54) is 29.5 Å². The average Bonchev–Trinajstić information content (AvgIpc) is 2.95. The first kappa shape index (κ1) is 32.9. The maximum atomic E-state index is 5.18. The van der Waals surface area contributed by atoms with Crippen LogP contribution in [0.5, 0.6) is 0 Å². The second-order valence-corrected chi connectivity index (χ2v) is 11.0. The molecule has 2 rings (SSSR count). The number of hydrogen-bond donors (Lipinski definition) is 1. The third-order valence-electron chi connectivity index (χ3n) is 7.78. The molecule has 0 amide bonds. The van der Waals surface area contributed by atoms with Crippen LogP contribution < -0.4 is 5.32 Å². The van der Waals surface area contributed by atoms with Gasteiger partial charge in [-0.2, -0.15) is 0 Å². The average molecular weight is 541 g/mol. The minimum atomic E-state index is 0.392. The van der Waals surface area contributed by atoms with E-state index >= 15 is 0 Å². The summed E-state index contributed by atoms with van der Waals surface area (Å²) in [6.07, 6.45) is 18.9. The summed E-state index contributed by atoms with van der Waals surface area (Å²) in [5.41, 5.74) is 9.88. The first-order valence-corrected chi connectivity index (χ1v) is 14.9. The van der Waals surface area contributed by atoms with E-state index < -0.39 is 0 Å². The molecule has 0 fully saturated rings. The van der Waals surface area contributed by atoms with E-state index in [-0.39, 0.29) is 0 Å². The van der Waals surface area contributed by atoms with Gasteiger partial charge in [0, 0.05) is 56.1 Å². The van der Waals surface area contributed by atoms with E-state index in [0.29, 0.717) is 18.4 Å². The van der Waals surface area contributed by atoms with Gasteiger partial charge in [-0.1, -0.05) is 68.5 Å². The van der Waals surface area contributed by atoms with Gasteiger partial charge >= 0.3 is 0 Å². The molecular weight excluding hydrogens is 488 g/mol. The van der Waals surface area contributed by atoms with Crippen LogP contribution in [-0.2, 0) is 12.8 Å². The minimum Gasteiger partial charge on any atom is -0.384 e. The standard InChI is InChI=1S/C36H52N4/c1-9-14-31(25-38-8)26-39-29(5)22-36(40-30(6)28(4)24-37-7)33(15-10-2)19-13-16-27(3)34-21-20-32-17-11-12-18-35(32)23-34/h9,11-12,14,17-18,22,24-25,33-34,39H,1,3,10,13,15-16,19-21,23,26H2,2,4-8H3/b29-22+,30-28+,31-14+,37-24?,38-25?,40-36+. The second-order valence-electron chi connectivity index (χ2n) is 11.0. The zero-order valence-corrected chi connectivity index (χ0v) is 26.0. The van der Waals surface area contributed by atoms with Crippen molar-refractivity contribution < 1.29 is 0 Å². The zero-order chi connectivity index (χ0) is 29.3. The molecule has 2 atom stereocenters. The van der Waals surface area contributed by atoms with Crippen molar-refractivity contribution in [2.45, 2.75) is 79.1 Å². The number of rotatable bonds is 16. The number of nitrogens with zero attached hydrogens (tertiary/aromatic N) is 3. The minimum absolute atomic E-state index is 0.392. The van der Waals surface area contributed by atoms with E-state index in [1.807, 2.05) is 18.5 Å². The quantitative estimate of drug-likeness (QED) is 0.127. The van der Waals surface area contributed by atoms with Crippen molar-refractivity contribution in [1.82, 2.24) is 5.32 Å². The van der Waals surface area contributed by atoms with Crippen molar-refractivity contribution in [2.75, 3.05) is 20.6 Å². The molecule has 1 aliphatic carbocycles. The summed E-state index contributed by atoms with van der Waals surface area (Å²) < 4.78 is 0. The van der Waals surface area contributed by atoms with Crippen molar-refractivity contribution in [3.63, 3.8) is 0 Å². The lowest BCUT2D eigenvalue weighted by Crippen LogP contribution is -2.20. The maximum Gasteiger partial charge on any atom is 0.0454 e. The first-order chi connectivity index (χ1) is 19.3. The van der Waals surface area contributed by atoms with Gasteiger partial charge in [0.25, 0.3) is 0 Å². The predicted octanol–water partition coefficient (Wildman–Crippen LogP) is 8.68. The monoisotopic (exact) mass is 540 g/mol. The highest BCUT2D eigenvalue weighted by atomic mass is 14.9. The van der Waals surface area contributed by atoms with Crippen LogP contribution in [0.2, 0.25) is 0 Å². The summed E-state index contributed by atoms with van der Waals surface area (Å²) in [5, 5.41) is 3.55. The van der Waals surface area contributed by atoms with Gasteiger partial charge in [-0.15, -0.1) is 0 Å². The smallest absolute Gasteiger partial charge is 0.0454 e. The van der Waals surface area contributed by atoms with Crippen LogP contribution in [0.4, 0.5) is 0 Å². The molecule has 4 heteroatoms. The molecule has 2 unspecified atom stereocenters. The van der Waals surface area contributed by atoms with E-state index in [0.717, 1.165) is 66.8 Å². The van der Waals surface area contributed by atoms with Crippen molar-refractivity contribution >= 4 is 18.1 Å². The van der Waals surface area contributed by atoms with Crippen LogP contribution in [0.1, 0.15) is 77.3 Å². The Labute approximate surface area is 244 Å². The van der Waals surface area contributed by atoms with Crippen molar-refractivity contribution in [1.29, 1.82) is 0 Å². The Morgan fingerprint density at radius 1 is 1.07 bits per heavy atom. The Bertz CT molecular complexity index is 1160. The molecule has 4 nitrogen and oxygen atoms in total. The lowest BCUT2D eigenvalue weighted by atomic mass is 9.78. The molecular formula is C36H52N4. The topological polar surface area (TPSA) is 49.1 Å². The SMILES string of the molecule is C=C/C=C(\C=NC)CN/C(C)=C/C(=N\C(C)=C(/C)C=NC)C(CCC)CCCC(=C)C1CCc2ccccc2C1. The highest BCUT2D eigenvalue weighted by Crippen LogP contribution is 2.32. The van der Waals surface area contributed by atoms with Crippen LogP contribution >= 0.6 is 0 Å². The van der Waals surface area contributed by atoms with Gasteiger partial charge < -0.3 is 5.32 Å². The van der Waals surface area contributed by atoms with Crippen molar-refractivity contribution in [3.8, 4) is 0 Å². The first-order valence-electron chi connectivity index (χ1n) is 14.9. The number of benzene rings is 1. The molecule has 1 aromatic rings. The van der Waals surface area contributed by atoms with E-state index in [2.05, 4.69) is 86.5 Å². The second kappa shape index (κ2) is 18.1. The molecule has 1 N–H and O–H groups in total. The lowest BCUT2D eigenvalue weighted by Gasteiger charge is -2.27. The molecule has 40 heavy (non-hydrogen) atoms. The van der Waals surface area contributed by atoms with Gasteiger partial charge in [0.05, 0.1) is 0 Å². The molecule has 0 aromatic heterocycles. The highest BCUT2D eigenvalue weighted by molar-refractivity contribution is 5.98. The fourth-order valence-corrected chi connectivity index (χ4v) is 5.40. The summed E-state index contributed by atoms with van der Waals surface area (Å²) in [7, 11) is 3.60. The number of allylic oxidation sites excluding steroid dienone is 7. The van der Waals surface area contributed by atoms with Gasteiger partial charge in [-0.05, 0) is 100.0 Å². The van der Waals surface area contributed by atoms with Gasteiger partial charge in [0.15, 0.2) is 0 Å². The summed E-state index contributed by atoms with van der Waals surface area (Å²) in [6, 6.07) is 8.91. The van der Waals surface area contributed by atoms with Gasteiger partial charge in [0.2, 0.25) is 0 Å². The van der Waals surface area contributed by atoms with Gasteiger partial charge in [-0.3, -0.25) is 15.0 Å². The van der Waals surface area contributed by atoms with Crippen LogP contribution in [0.25, 0.3) is 0 Å². The van der Waals surface area contributed by atoms with E-state index in [4.69, 9.17) is 4.99 Å². The van der Waals surface area contributed by atoms with Crippen molar-refractivity contribution in [3.05, 3.63) is 94.9 Å². The molecule has 0 saturated carbocycles. The van der Waals surface area contributed by atoms with Crippen LogP contribution in [0.3, 0.4) is 0 Å². The zero-order valence-electron chi connectivity index (χ0n) is 26.0. The molecule has 0 bridgehead atoms. The van der Waals surface area contributed by atoms with E-state index in [1.54, 1.807) is 20.2 Å². The molecule has 0 aliphatic heterocycles. The van der Waals surface area contributed by atoms with Gasteiger partial charge in [-0.25, -0.2) is 0 Å².